The molecule has 0 unspecified atom stereocenters. The van der Waals surface area contributed by atoms with E-state index in [1.807, 2.05) is 30.3 Å². The summed E-state index contributed by atoms with van der Waals surface area (Å²) in [5.41, 5.74) is 1.41. The summed E-state index contributed by atoms with van der Waals surface area (Å²) in [5.74, 6) is -0.294. The summed E-state index contributed by atoms with van der Waals surface area (Å²) < 4.78 is 27.2. The molecule has 2 aliphatic rings. The first-order valence-corrected chi connectivity index (χ1v) is 12.7. The first-order valence-electron chi connectivity index (χ1n) is 9.48. The van der Waals surface area contributed by atoms with Gasteiger partial charge in [-0.15, -0.1) is 10.2 Å². The summed E-state index contributed by atoms with van der Waals surface area (Å²) in [5, 5.41) is 11.0. The third-order valence-corrected chi connectivity index (χ3v) is 8.84. The van der Waals surface area contributed by atoms with Crippen LogP contribution in [0.2, 0.25) is 0 Å². The minimum atomic E-state index is -3.92. The molecule has 8 nitrogen and oxygen atoms in total. The van der Waals surface area contributed by atoms with Gasteiger partial charge in [-0.2, -0.15) is 0 Å². The monoisotopic (exact) mass is 472 g/mol. The molecule has 2 aromatic carbocycles. The average Bonchev–Trinajstić information content (AvgIpc) is 3.45. The van der Waals surface area contributed by atoms with Gasteiger partial charge in [0.05, 0.1) is 5.56 Å². The summed E-state index contributed by atoms with van der Waals surface area (Å²) in [7, 11) is -3.92. The number of amides is 2. The second-order valence-electron chi connectivity index (χ2n) is 7.15. The molecule has 0 spiro atoms. The van der Waals surface area contributed by atoms with Crippen LogP contribution in [0, 0.1) is 0 Å². The van der Waals surface area contributed by atoms with Crippen molar-refractivity contribution in [1.82, 2.24) is 14.5 Å². The van der Waals surface area contributed by atoms with Crippen molar-refractivity contribution in [3.63, 3.8) is 0 Å². The Hall–Kier alpha value is -2.76. The molecule has 5 rings (SSSR count). The Labute approximate surface area is 186 Å². The molecule has 1 fully saturated rings. The van der Waals surface area contributed by atoms with Crippen LogP contribution in [0.25, 0.3) is 0 Å². The number of anilines is 1. The smallest absolute Gasteiger partial charge is 0.269 e. The lowest BCUT2D eigenvalue weighted by molar-refractivity contribution is 0.0864. The van der Waals surface area contributed by atoms with Gasteiger partial charge < -0.3 is 0 Å². The van der Waals surface area contributed by atoms with Gasteiger partial charge >= 0.3 is 0 Å². The SMILES string of the molecule is O=C(Nc1nnc(SCc2ccccc2)s1)c1ccc2c(c1)S(=O)(=O)N(C1CC1)C2=O. The van der Waals surface area contributed by atoms with Crippen molar-refractivity contribution >= 4 is 50.1 Å². The Morgan fingerprint density at radius 1 is 1.16 bits per heavy atom. The molecule has 2 heterocycles. The molecule has 31 heavy (non-hydrogen) atoms. The number of aromatic nitrogens is 2. The van der Waals surface area contributed by atoms with Gasteiger partial charge in [0.15, 0.2) is 4.34 Å². The van der Waals surface area contributed by atoms with Crippen molar-refractivity contribution < 1.29 is 18.0 Å². The zero-order valence-electron chi connectivity index (χ0n) is 16.0. The van der Waals surface area contributed by atoms with Gasteiger partial charge in [0, 0.05) is 17.4 Å². The number of thioether (sulfide) groups is 1. The van der Waals surface area contributed by atoms with E-state index in [4.69, 9.17) is 0 Å². The van der Waals surface area contributed by atoms with Crippen LogP contribution in [0.5, 0.6) is 0 Å². The quantitative estimate of drug-likeness (QED) is 0.433. The molecule has 0 saturated heterocycles. The third kappa shape index (κ3) is 3.84. The highest BCUT2D eigenvalue weighted by Gasteiger charge is 2.48. The number of rotatable bonds is 6. The molecule has 1 aromatic heterocycles. The molecule has 0 atom stereocenters. The van der Waals surface area contributed by atoms with Crippen molar-refractivity contribution in [3.05, 3.63) is 65.2 Å². The highest BCUT2D eigenvalue weighted by atomic mass is 32.2. The first kappa shape index (κ1) is 20.2. The van der Waals surface area contributed by atoms with E-state index in [0.717, 1.165) is 15.6 Å². The summed E-state index contributed by atoms with van der Waals surface area (Å²) in [4.78, 5) is 25.0. The number of benzene rings is 2. The Bertz CT molecular complexity index is 1290. The van der Waals surface area contributed by atoms with Crippen molar-refractivity contribution in [2.45, 2.75) is 33.9 Å². The second-order valence-corrected chi connectivity index (χ2v) is 11.1. The molecule has 11 heteroatoms. The molecule has 0 radical (unpaired) electrons. The third-order valence-electron chi connectivity index (χ3n) is 4.92. The zero-order valence-corrected chi connectivity index (χ0v) is 18.5. The summed E-state index contributed by atoms with van der Waals surface area (Å²) in [6.07, 6.45) is 1.35. The zero-order chi connectivity index (χ0) is 21.6. The van der Waals surface area contributed by atoms with Crippen molar-refractivity contribution in [2.75, 3.05) is 5.32 Å². The van der Waals surface area contributed by atoms with Crippen LogP contribution in [-0.2, 0) is 15.8 Å². The minimum absolute atomic E-state index is 0.110. The van der Waals surface area contributed by atoms with E-state index >= 15 is 0 Å². The molecular formula is C20H16N4O4S3. The van der Waals surface area contributed by atoms with Gasteiger partial charge in [0.1, 0.15) is 4.90 Å². The Kier molecular flexibility index (Phi) is 5.03. The number of carbonyl (C=O) groups excluding carboxylic acids is 2. The highest BCUT2D eigenvalue weighted by molar-refractivity contribution is 8.00. The van der Waals surface area contributed by atoms with E-state index in [9.17, 15) is 18.0 Å². The molecule has 1 saturated carbocycles. The molecule has 2 amide bonds. The Balaban J connectivity index is 1.29. The van der Waals surface area contributed by atoms with Gasteiger partial charge in [-0.25, -0.2) is 12.7 Å². The fourth-order valence-electron chi connectivity index (χ4n) is 3.27. The van der Waals surface area contributed by atoms with Crippen LogP contribution in [0.3, 0.4) is 0 Å². The summed E-state index contributed by atoms with van der Waals surface area (Å²) in [6, 6.07) is 13.8. The molecule has 1 N–H and O–H groups in total. The number of nitrogens with one attached hydrogen (secondary N) is 1. The number of nitrogens with zero attached hydrogens (tertiary/aromatic N) is 3. The second kappa shape index (κ2) is 7.74. The van der Waals surface area contributed by atoms with E-state index in [0.29, 0.717) is 22.3 Å². The first-order chi connectivity index (χ1) is 14.9. The van der Waals surface area contributed by atoms with Crippen molar-refractivity contribution in [3.8, 4) is 0 Å². The van der Waals surface area contributed by atoms with Crippen molar-refractivity contribution in [2.24, 2.45) is 0 Å². The van der Waals surface area contributed by atoms with Crippen LogP contribution in [0.15, 0.2) is 57.8 Å². The predicted octanol–water partition coefficient (Wildman–Crippen LogP) is 3.39. The van der Waals surface area contributed by atoms with E-state index in [1.54, 1.807) is 0 Å². The Morgan fingerprint density at radius 2 is 1.94 bits per heavy atom. The predicted molar refractivity (Wildman–Crippen MR) is 117 cm³/mol. The van der Waals surface area contributed by atoms with Gasteiger partial charge in [-0.1, -0.05) is 53.4 Å². The number of carbonyl (C=O) groups is 2. The van der Waals surface area contributed by atoms with Gasteiger partial charge in [0.2, 0.25) is 5.13 Å². The molecule has 0 bridgehead atoms. The standard InChI is InChI=1S/C20H16N4O4S3/c25-17(21-19-22-23-20(30-19)29-11-12-4-2-1-3-5-12)13-6-9-15-16(10-13)31(27,28)24(18(15)26)14-7-8-14/h1-6,9-10,14H,7-8,11H2,(H,21,22,25). The number of hydrogen-bond donors (Lipinski definition) is 1. The maximum absolute atomic E-state index is 12.8. The van der Waals surface area contributed by atoms with Crippen LogP contribution in [0.4, 0.5) is 5.13 Å². The number of fused-ring (bicyclic) bond motifs is 1. The summed E-state index contributed by atoms with van der Waals surface area (Å²) >= 11 is 2.76. The molecule has 1 aliphatic carbocycles. The fraction of sp³-hybridized carbons (Fsp3) is 0.200. The largest absolute Gasteiger partial charge is 0.296 e. The Morgan fingerprint density at radius 3 is 2.68 bits per heavy atom. The maximum Gasteiger partial charge on any atom is 0.269 e. The van der Waals surface area contributed by atoms with Crippen molar-refractivity contribution in [1.29, 1.82) is 0 Å². The number of hydrogen-bond acceptors (Lipinski definition) is 8. The molecule has 158 valence electrons. The number of sulfonamides is 1. The van der Waals surface area contributed by atoms with Crippen LogP contribution in [-0.4, -0.2) is 40.8 Å². The van der Waals surface area contributed by atoms with E-state index in [1.165, 1.54) is 41.3 Å². The van der Waals surface area contributed by atoms with E-state index < -0.39 is 21.8 Å². The van der Waals surface area contributed by atoms with E-state index in [2.05, 4.69) is 15.5 Å². The van der Waals surface area contributed by atoms with Crippen LogP contribution in [0.1, 0.15) is 39.1 Å². The highest BCUT2D eigenvalue weighted by Crippen LogP contribution is 2.39. The molecular weight excluding hydrogens is 456 g/mol. The molecule has 1 aliphatic heterocycles. The van der Waals surface area contributed by atoms with Gasteiger partial charge in [-0.3, -0.25) is 14.9 Å². The van der Waals surface area contributed by atoms with Gasteiger partial charge in [-0.05, 0) is 36.6 Å². The lowest BCUT2D eigenvalue weighted by Gasteiger charge is -2.13. The topological polar surface area (TPSA) is 109 Å². The van der Waals surface area contributed by atoms with Gasteiger partial charge in [0.25, 0.3) is 21.8 Å². The minimum Gasteiger partial charge on any atom is -0.296 e. The summed E-state index contributed by atoms with van der Waals surface area (Å²) in [6.45, 7) is 0. The lowest BCUT2D eigenvalue weighted by atomic mass is 10.1. The lowest BCUT2D eigenvalue weighted by Crippen LogP contribution is -2.31. The maximum atomic E-state index is 12.8. The van der Waals surface area contributed by atoms with Crippen LogP contribution >= 0.6 is 23.1 Å². The van der Waals surface area contributed by atoms with Crippen LogP contribution < -0.4 is 5.32 Å². The molecule has 3 aromatic rings. The van der Waals surface area contributed by atoms with E-state index in [-0.39, 0.29) is 22.1 Å². The normalized spacial score (nSPS) is 16.9. The fourth-order valence-corrected chi connectivity index (χ4v) is 6.81. The average molecular weight is 473 g/mol.